The van der Waals surface area contributed by atoms with E-state index in [1.807, 2.05) is 75.4 Å². The predicted octanol–water partition coefficient (Wildman–Crippen LogP) is 6.42. The van der Waals surface area contributed by atoms with E-state index in [9.17, 15) is 14.7 Å². The van der Waals surface area contributed by atoms with Crippen molar-refractivity contribution in [1.29, 1.82) is 0 Å². The van der Waals surface area contributed by atoms with Crippen LogP contribution in [0.3, 0.4) is 0 Å². The highest BCUT2D eigenvalue weighted by atomic mass is 32.1. The van der Waals surface area contributed by atoms with Gasteiger partial charge in [-0.3, -0.25) is 0 Å². The van der Waals surface area contributed by atoms with Gasteiger partial charge in [0.25, 0.3) is 0 Å². The third-order valence-corrected chi connectivity index (χ3v) is 6.63. The largest absolute Gasteiger partial charge is 0.476 e. The lowest BCUT2D eigenvalue weighted by Crippen LogP contribution is -2.42. The van der Waals surface area contributed by atoms with Gasteiger partial charge in [-0.05, 0) is 75.6 Å². The molecule has 1 amide bonds. The second-order valence-corrected chi connectivity index (χ2v) is 10.3. The maximum Gasteiger partial charge on any atom is 0.410 e. The van der Waals surface area contributed by atoms with Crippen molar-refractivity contribution in [2.24, 2.45) is 0 Å². The lowest BCUT2D eigenvalue weighted by Gasteiger charge is -2.33. The molecular formula is C26H28N2O5S. The Morgan fingerprint density at radius 1 is 1.06 bits per heavy atom. The number of amides is 1. The van der Waals surface area contributed by atoms with E-state index in [2.05, 4.69) is 4.98 Å². The van der Waals surface area contributed by atoms with Gasteiger partial charge in [-0.2, -0.15) is 0 Å². The van der Waals surface area contributed by atoms with E-state index < -0.39 is 11.6 Å². The molecule has 0 saturated carbocycles. The van der Waals surface area contributed by atoms with Crippen LogP contribution >= 0.6 is 11.3 Å². The number of likely N-dealkylation sites (tertiary alicyclic amines) is 1. The van der Waals surface area contributed by atoms with Crippen molar-refractivity contribution in [3.8, 4) is 21.9 Å². The summed E-state index contributed by atoms with van der Waals surface area (Å²) in [7, 11) is 0. The number of rotatable bonds is 5. The van der Waals surface area contributed by atoms with Gasteiger partial charge in [0.05, 0.1) is 9.88 Å². The first-order chi connectivity index (χ1) is 16.2. The van der Waals surface area contributed by atoms with Crippen molar-refractivity contribution in [3.05, 3.63) is 65.3 Å². The smallest absolute Gasteiger partial charge is 0.410 e. The van der Waals surface area contributed by atoms with Crippen molar-refractivity contribution in [2.75, 3.05) is 13.1 Å². The fourth-order valence-corrected chi connectivity index (χ4v) is 5.01. The van der Waals surface area contributed by atoms with Gasteiger partial charge in [0.1, 0.15) is 17.1 Å². The Labute approximate surface area is 203 Å². The standard InChI is InChI=1S/C26H28N2O5S/c1-26(2,3)33-25(31)28-15-7-8-18(16-28)23-27-21(24(29)30)22(34-23)17-11-13-20(14-12-17)32-19-9-5-4-6-10-19/h4-6,9-14,18H,7-8,15-16H2,1-3H3,(H,29,30). The maximum atomic E-state index is 12.5. The van der Waals surface area contributed by atoms with Gasteiger partial charge in [0.2, 0.25) is 0 Å². The SMILES string of the molecule is CC(C)(C)OC(=O)N1CCCC(c2nc(C(=O)O)c(-c3ccc(Oc4ccccc4)cc3)s2)C1. The molecule has 0 spiro atoms. The molecule has 1 aliphatic rings. The molecule has 1 fully saturated rings. The summed E-state index contributed by atoms with van der Waals surface area (Å²) in [5.74, 6) is 0.297. The van der Waals surface area contributed by atoms with Gasteiger partial charge < -0.3 is 19.5 Å². The van der Waals surface area contributed by atoms with Crippen molar-refractivity contribution in [3.63, 3.8) is 0 Å². The molecule has 1 N–H and O–H groups in total. The number of benzene rings is 2. The van der Waals surface area contributed by atoms with E-state index in [1.165, 1.54) is 11.3 Å². The van der Waals surface area contributed by atoms with Crippen LogP contribution in [0.5, 0.6) is 11.5 Å². The van der Waals surface area contributed by atoms with Crippen molar-refractivity contribution >= 4 is 23.4 Å². The number of hydrogen-bond acceptors (Lipinski definition) is 6. The highest BCUT2D eigenvalue weighted by molar-refractivity contribution is 7.15. The van der Waals surface area contributed by atoms with Crippen LogP contribution in [-0.2, 0) is 4.74 Å². The van der Waals surface area contributed by atoms with Gasteiger partial charge in [-0.15, -0.1) is 11.3 Å². The Bertz CT molecular complexity index is 1150. The van der Waals surface area contributed by atoms with Gasteiger partial charge >= 0.3 is 12.1 Å². The second-order valence-electron chi connectivity index (χ2n) is 9.24. The van der Waals surface area contributed by atoms with Crippen LogP contribution in [-0.4, -0.2) is 45.7 Å². The summed E-state index contributed by atoms with van der Waals surface area (Å²) in [6.07, 6.45) is 1.31. The summed E-state index contributed by atoms with van der Waals surface area (Å²) in [5.41, 5.74) is 0.234. The number of carboxylic acids is 1. The normalized spacial score (nSPS) is 16.2. The first-order valence-electron chi connectivity index (χ1n) is 11.2. The number of ether oxygens (including phenoxy) is 2. The summed E-state index contributed by atoms with van der Waals surface area (Å²) in [4.78, 5) is 31.3. The number of hydrogen-bond donors (Lipinski definition) is 1. The molecule has 2 heterocycles. The molecule has 1 saturated heterocycles. The Kier molecular flexibility index (Phi) is 6.88. The number of aromatic nitrogens is 1. The van der Waals surface area contributed by atoms with Crippen LogP contribution < -0.4 is 4.74 Å². The van der Waals surface area contributed by atoms with Gasteiger partial charge in [0.15, 0.2) is 5.69 Å². The highest BCUT2D eigenvalue weighted by Crippen LogP contribution is 2.38. The molecule has 2 aromatic carbocycles. The molecular weight excluding hydrogens is 452 g/mol. The van der Waals surface area contributed by atoms with Crippen LogP contribution in [0.2, 0.25) is 0 Å². The quantitative estimate of drug-likeness (QED) is 0.454. The minimum atomic E-state index is -1.07. The molecule has 178 valence electrons. The number of aromatic carboxylic acids is 1. The number of nitrogens with zero attached hydrogens (tertiary/aromatic N) is 2. The molecule has 1 aromatic heterocycles. The lowest BCUT2D eigenvalue weighted by molar-refractivity contribution is 0.0197. The van der Waals surface area contributed by atoms with Crippen LogP contribution in [0, 0.1) is 0 Å². The summed E-state index contributed by atoms with van der Waals surface area (Å²) < 4.78 is 11.4. The Balaban J connectivity index is 1.54. The van der Waals surface area contributed by atoms with E-state index in [0.29, 0.717) is 23.7 Å². The molecule has 4 rings (SSSR count). The average Bonchev–Trinajstić information content (AvgIpc) is 3.25. The zero-order valence-corrected chi connectivity index (χ0v) is 20.3. The number of thiazole rings is 1. The third kappa shape index (κ3) is 5.75. The van der Waals surface area contributed by atoms with Crippen molar-refractivity contribution < 1.29 is 24.2 Å². The van der Waals surface area contributed by atoms with Crippen molar-refractivity contribution in [1.82, 2.24) is 9.88 Å². The molecule has 1 atom stereocenters. The Morgan fingerprint density at radius 3 is 2.38 bits per heavy atom. The minimum absolute atomic E-state index is 0.0289. The molecule has 0 radical (unpaired) electrons. The highest BCUT2D eigenvalue weighted by Gasteiger charge is 2.31. The predicted molar refractivity (Wildman–Crippen MR) is 131 cm³/mol. The fraction of sp³-hybridized carbons (Fsp3) is 0.346. The Hall–Kier alpha value is -3.39. The first-order valence-corrected chi connectivity index (χ1v) is 12.1. The molecule has 1 unspecified atom stereocenters. The third-order valence-electron chi connectivity index (χ3n) is 5.36. The number of piperidine rings is 1. The van der Waals surface area contributed by atoms with Crippen LogP contribution in [0.15, 0.2) is 54.6 Å². The van der Waals surface area contributed by atoms with Crippen molar-refractivity contribution in [2.45, 2.75) is 45.1 Å². The molecule has 0 aliphatic carbocycles. The molecule has 0 bridgehead atoms. The van der Waals surface area contributed by atoms with E-state index in [-0.39, 0.29) is 17.7 Å². The van der Waals surface area contributed by atoms with Gasteiger partial charge in [-0.1, -0.05) is 18.2 Å². The zero-order chi connectivity index (χ0) is 24.3. The maximum absolute atomic E-state index is 12.5. The van der Waals surface area contributed by atoms with Gasteiger partial charge in [0, 0.05) is 19.0 Å². The topological polar surface area (TPSA) is 89.0 Å². The monoisotopic (exact) mass is 480 g/mol. The summed E-state index contributed by atoms with van der Waals surface area (Å²) in [5, 5.41) is 10.5. The summed E-state index contributed by atoms with van der Waals surface area (Å²) in [6.45, 7) is 6.61. The zero-order valence-electron chi connectivity index (χ0n) is 19.5. The van der Waals surface area contributed by atoms with E-state index in [1.54, 1.807) is 4.90 Å². The van der Waals surface area contributed by atoms with Gasteiger partial charge in [-0.25, -0.2) is 14.6 Å². The van der Waals surface area contributed by atoms with Crippen LogP contribution in [0.25, 0.3) is 10.4 Å². The Morgan fingerprint density at radius 2 is 1.74 bits per heavy atom. The molecule has 34 heavy (non-hydrogen) atoms. The molecule has 3 aromatic rings. The van der Waals surface area contributed by atoms with E-state index >= 15 is 0 Å². The molecule has 7 nitrogen and oxygen atoms in total. The molecule has 8 heteroatoms. The van der Waals surface area contributed by atoms with Crippen LogP contribution in [0.4, 0.5) is 4.79 Å². The summed E-state index contributed by atoms with van der Waals surface area (Å²) >= 11 is 1.37. The van der Waals surface area contributed by atoms with E-state index in [0.717, 1.165) is 29.2 Å². The minimum Gasteiger partial charge on any atom is -0.476 e. The molecule has 1 aliphatic heterocycles. The number of carbonyl (C=O) groups excluding carboxylic acids is 1. The summed E-state index contributed by atoms with van der Waals surface area (Å²) in [6, 6.07) is 16.8. The fourth-order valence-electron chi connectivity index (χ4n) is 3.82. The number of carboxylic acid groups (broad SMARTS) is 1. The average molecular weight is 481 g/mol. The number of carbonyl (C=O) groups is 2. The lowest BCUT2D eigenvalue weighted by atomic mass is 9.99. The van der Waals surface area contributed by atoms with Crippen LogP contribution in [0.1, 0.15) is 55.0 Å². The second kappa shape index (κ2) is 9.85. The first kappa shape index (κ1) is 23.8. The van der Waals surface area contributed by atoms with E-state index in [4.69, 9.17) is 9.47 Å². The number of para-hydroxylation sites is 1.